The number of anilines is 1. The summed E-state index contributed by atoms with van der Waals surface area (Å²) < 4.78 is 13.1. The summed E-state index contributed by atoms with van der Waals surface area (Å²) in [5.74, 6) is -0.191. The Morgan fingerprint density at radius 1 is 1.29 bits per heavy atom. The van der Waals surface area contributed by atoms with Crippen molar-refractivity contribution in [2.45, 2.75) is 37.6 Å². The molecule has 1 saturated carbocycles. The molecular formula is C14H21FN2. The van der Waals surface area contributed by atoms with E-state index < -0.39 is 0 Å². The van der Waals surface area contributed by atoms with Crippen molar-refractivity contribution in [1.82, 2.24) is 0 Å². The molecule has 0 radical (unpaired) electrons. The van der Waals surface area contributed by atoms with Gasteiger partial charge in [-0.25, -0.2) is 4.39 Å². The predicted octanol–water partition coefficient (Wildman–Crippen LogP) is 2.92. The first kappa shape index (κ1) is 12.4. The lowest BCUT2D eigenvalue weighted by Crippen LogP contribution is -2.50. The summed E-state index contributed by atoms with van der Waals surface area (Å²) in [7, 11) is 1.98. The lowest BCUT2D eigenvalue weighted by Gasteiger charge is -2.37. The molecule has 2 rings (SSSR count). The Kier molecular flexibility index (Phi) is 3.67. The molecule has 2 N–H and O–H groups in total. The number of halogens is 1. The van der Waals surface area contributed by atoms with Gasteiger partial charge in [0.15, 0.2) is 0 Å². The minimum absolute atomic E-state index is 0.0979. The summed E-state index contributed by atoms with van der Waals surface area (Å²) >= 11 is 0. The standard InChI is InChI=1S/C14H21FN2/c1-17(13-7-5-6-12(15)10-13)11-14(16)8-3-2-4-9-14/h5-7,10H,2-4,8-9,11,16H2,1H3. The third-order valence-electron chi connectivity index (χ3n) is 3.65. The van der Waals surface area contributed by atoms with Crippen LogP contribution in [0.2, 0.25) is 0 Å². The van der Waals surface area contributed by atoms with E-state index in [9.17, 15) is 4.39 Å². The molecule has 3 heteroatoms. The molecule has 2 nitrogen and oxygen atoms in total. The number of nitrogens with zero attached hydrogens (tertiary/aromatic N) is 1. The normalized spacial score (nSPS) is 19.0. The van der Waals surface area contributed by atoms with Crippen LogP contribution in [-0.2, 0) is 0 Å². The van der Waals surface area contributed by atoms with Crippen molar-refractivity contribution in [3.63, 3.8) is 0 Å². The van der Waals surface area contributed by atoms with Crippen molar-refractivity contribution in [3.05, 3.63) is 30.1 Å². The van der Waals surface area contributed by atoms with Gasteiger partial charge in [-0.3, -0.25) is 0 Å². The zero-order valence-corrected chi connectivity index (χ0v) is 10.5. The second-order valence-corrected chi connectivity index (χ2v) is 5.26. The quantitative estimate of drug-likeness (QED) is 0.874. The van der Waals surface area contributed by atoms with Crippen molar-refractivity contribution < 1.29 is 4.39 Å². The molecule has 0 saturated heterocycles. The van der Waals surface area contributed by atoms with Gasteiger partial charge in [-0.15, -0.1) is 0 Å². The molecule has 0 aromatic heterocycles. The van der Waals surface area contributed by atoms with Crippen LogP contribution in [0.4, 0.5) is 10.1 Å². The van der Waals surface area contributed by atoms with Crippen molar-refractivity contribution in [1.29, 1.82) is 0 Å². The van der Waals surface area contributed by atoms with Crippen LogP contribution < -0.4 is 10.6 Å². The van der Waals surface area contributed by atoms with E-state index in [1.54, 1.807) is 12.1 Å². The van der Waals surface area contributed by atoms with E-state index in [1.807, 2.05) is 13.1 Å². The second-order valence-electron chi connectivity index (χ2n) is 5.26. The molecule has 1 fully saturated rings. The Labute approximate surface area is 103 Å². The van der Waals surface area contributed by atoms with Gasteiger partial charge in [0.2, 0.25) is 0 Å². The van der Waals surface area contributed by atoms with Crippen molar-refractivity contribution in [2.24, 2.45) is 5.73 Å². The molecule has 0 bridgehead atoms. The molecule has 0 amide bonds. The molecule has 1 aliphatic rings. The Morgan fingerprint density at radius 2 is 2.00 bits per heavy atom. The number of rotatable bonds is 3. The monoisotopic (exact) mass is 236 g/mol. The molecule has 0 heterocycles. The van der Waals surface area contributed by atoms with Gasteiger partial charge in [0.05, 0.1) is 0 Å². The van der Waals surface area contributed by atoms with E-state index in [4.69, 9.17) is 5.73 Å². The van der Waals surface area contributed by atoms with E-state index in [2.05, 4.69) is 4.90 Å². The summed E-state index contributed by atoms with van der Waals surface area (Å²) in [4.78, 5) is 2.06. The lowest BCUT2D eigenvalue weighted by atomic mass is 9.82. The van der Waals surface area contributed by atoms with Gasteiger partial charge < -0.3 is 10.6 Å². The molecular weight excluding hydrogens is 215 g/mol. The second kappa shape index (κ2) is 5.05. The molecule has 0 aliphatic heterocycles. The van der Waals surface area contributed by atoms with Gasteiger partial charge in [0.1, 0.15) is 5.82 Å². The zero-order valence-electron chi connectivity index (χ0n) is 10.5. The van der Waals surface area contributed by atoms with E-state index in [0.717, 1.165) is 25.1 Å². The third-order valence-corrected chi connectivity index (χ3v) is 3.65. The minimum atomic E-state index is -0.191. The van der Waals surface area contributed by atoms with Crippen LogP contribution in [0.15, 0.2) is 24.3 Å². The van der Waals surface area contributed by atoms with Crippen LogP contribution in [0.5, 0.6) is 0 Å². The van der Waals surface area contributed by atoms with Crippen LogP contribution in [0, 0.1) is 5.82 Å². The van der Waals surface area contributed by atoms with E-state index in [-0.39, 0.29) is 11.4 Å². The van der Waals surface area contributed by atoms with Gasteiger partial charge in [0, 0.05) is 24.8 Å². The highest BCUT2D eigenvalue weighted by Crippen LogP contribution is 2.28. The Bertz CT molecular complexity index is 372. The highest BCUT2D eigenvalue weighted by molar-refractivity contribution is 5.46. The van der Waals surface area contributed by atoms with Gasteiger partial charge >= 0.3 is 0 Å². The smallest absolute Gasteiger partial charge is 0.125 e. The largest absolute Gasteiger partial charge is 0.373 e. The third kappa shape index (κ3) is 3.19. The molecule has 0 spiro atoms. The Morgan fingerprint density at radius 3 is 2.65 bits per heavy atom. The average Bonchev–Trinajstić information content (AvgIpc) is 2.29. The maximum atomic E-state index is 13.1. The summed E-state index contributed by atoms with van der Waals surface area (Å²) in [6.45, 7) is 0.802. The highest BCUT2D eigenvalue weighted by Gasteiger charge is 2.28. The molecule has 17 heavy (non-hydrogen) atoms. The fraction of sp³-hybridized carbons (Fsp3) is 0.571. The first-order chi connectivity index (χ1) is 8.09. The highest BCUT2D eigenvalue weighted by atomic mass is 19.1. The first-order valence-electron chi connectivity index (χ1n) is 6.35. The van der Waals surface area contributed by atoms with Crippen LogP contribution >= 0.6 is 0 Å². The summed E-state index contributed by atoms with van der Waals surface area (Å²) in [6, 6.07) is 6.70. The molecule has 0 unspecified atom stereocenters. The number of hydrogen-bond donors (Lipinski definition) is 1. The van der Waals surface area contributed by atoms with Crippen molar-refractivity contribution in [2.75, 3.05) is 18.5 Å². The maximum absolute atomic E-state index is 13.1. The van der Waals surface area contributed by atoms with Crippen LogP contribution in [0.1, 0.15) is 32.1 Å². The SMILES string of the molecule is CN(CC1(N)CCCCC1)c1cccc(F)c1. The fourth-order valence-corrected chi connectivity index (χ4v) is 2.69. The number of likely N-dealkylation sites (N-methyl/N-ethyl adjacent to an activating group) is 1. The van der Waals surface area contributed by atoms with Gasteiger partial charge in [-0.1, -0.05) is 25.3 Å². The van der Waals surface area contributed by atoms with Crippen molar-refractivity contribution in [3.8, 4) is 0 Å². The maximum Gasteiger partial charge on any atom is 0.125 e. The van der Waals surface area contributed by atoms with Gasteiger partial charge in [-0.05, 0) is 31.0 Å². The number of nitrogens with two attached hydrogens (primary N) is 1. The van der Waals surface area contributed by atoms with Gasteiger partial charge in [0.25, 0.3) is 0 Å². The summed E-state index contributed by atoms with van der Waals surface area (Å²) in [5, 5.41) is 0. The van der Waals surface area contributed by atoms with E-state index >= 15 is 0 Å². The Balaban J connectivity index is 2.03. The average molecular weight is 236 g/mol. The summed E-state index contributed by atoms with van der Waals surface area (Å²) in [5.41, 5.74) is 7.21. The minimum Gasteiger partial charge on any atom is -0.373 e. The molecule has 0 atom stereocenters. The number of hydrogen-bond acceptors (Lipinski definition) is 2. The van der Waals surface area contributed by atoms with Gasteiger partial charge in [-0.2, -0.15) is 0 Å². The van der Waals surface area contributed by atoms with Crippen molar-refractivity contribution >= 4 is 5.69 Å². The first-order valence-corrected chi connectivity index (χ1v) is 6.35. The van der Waals surface area contributed by atoms with Crippen LogP contribution in [-0.4, -0.2) is 19.1 Å². The Hall–Kier alpha value is -1.09. The predicted molar refractivity (Wildman–Crippen MR) is 69.7 cm³/mol. The zero-order chi connectivity index (χ0) is 12.3. The summed E-state index contributed by atoms with van der Waals surface area (Å²) in [6.07, 6.45) is 5.88. The topological polar surface area (TPSA) is 29.3 Å². The lowest BCUT2D eigenvalue weighted by molar-refractivity contribution is 0.301. The number of benzene rings is 1. The fourth-order valence-electron chi connectivity index (χ4n) is 2.69. The molecule has 1 aromatic carbocycles. The van der Waals surface area contributed by atoms with E-state index in [0.29, 0.717) is 0 Å². The van der Waals surface area contributed by atoms with Crippen LogP contribution in [0.25, 0.3) is 0 Å². The molecule has 94 valence electrons. The molecule has 1 aliphatic carbocycles. The van der Waals surface area contributed by atoms with Crippen LogP contribution in [0.3, 0.4) is 0 Å². The van der Waals surface area contributed by atoms with E-state index in [1.165, 1.54) is 25.3 Å². The molecule has 1 aromatic rings.